The minimum Gasteiger partial charge on any atom is -0.359 e. The maximum Gasteiger partial charge on any atom is 0.242 e. The summed E-state index contributed by atoms with van der Waals surface area (Å²) in [6.45, 7) is 2.79. The first-order chi connectivity index (χ1) is 14.9. The second-order valence-electron chi connectivity index (χ2n) is 7.19. The van der Waals surface area contributed by atoms with Gasteiger partial charge in [0.15, 0.2) is 0 Å². The monoisotopic (exact) mass is 466 g/mol. The molecule has 168 valence electrons. The molecule has 0 bridgehead atoms. The standard InChI is InChI=1S/C12H15ClFN3OS.C10H13NO/c1-7-5-11(17(2)19-16-7)12(18)15-8-3-4-10(14)9(13)6-8;12-9-11-8-4-7-10-5-2-1-3-6-10/h3-4,6-7,11,16H,5H2,1-2H3,(H,15,18);1-3,5-6,9H,4,7-8H2,(H,11,12). The van der Waals surface area contributed by atoms with E-state index in [0.29, 0.717) is 12.1 Å². The molecule has 0 aromatic heterocycles. The zero-order valence-electron chi connectivity index (χ0n) is 17.6. The van der Waals surface area contributed by atoms with Crippen molar-refractivity contribution in [2.24, 2.45) is 0 Å². The van der Waals surface area contributed by atoms with Crippen LogP contribution in [0.2, 0.25) is 5.02 Å². The second-order valence-corrected chi connectivity index (χ2v) is 8.59. The summed E-state index contributed by atoms with van der Waals surface area (Å²) >= 11 is 7.10. The fourth-order valence-electron chi connectivity index (χ4n) is 2.94. The molecule has 2 aromatic carbocycles. The van der Waals surface area contributed by atoms with E-state index in [4.69, 9.17) is 11.6 Å². The van der Waals surface area contributed by atoms with Crippen molar-refractivity contribution in [1.29, 1.82) is 0 Å². The molecule has 1 fully saturated rings. The Morgan fingerprint density at radius 1 is 1.32 bits per heavy atom. The van der Waals surface area contributed by atoms with Gasteiger partial charge < -0.3 is 10.6 Å². The Morgan fingerprint density at radius 2 is 2.06 bits per heavy atom. The van der Waals surface area contributed by atoms with Crippen molar-refractivity contribution >= 4 is 41.7 Å². The zero-order chi connectivity index (χ0) is 22.6. The van der Waals surface area contributed by atoms with E-state index in [1.165, 1.54) is 35.9 Å². The Bertz CT molecular complexity index is 844. The Kier molecular flexibility index (Phi) is 10.8. The Morgan fingerprint density at radius 3 is 2.74 bits per heavy atom. The molecule has 2 atom stereocenters. The number of halogens is 2. The van der Waals surface area contributed by atoms with Gasteiger partial charge in [-0.2, -0.15) is 0 Å². The lowest BCUT2D eigenvalue weighted by Gasteiger charge is -2.33. The number of hydrogen-bond donors (Lipinski definition) is 3. The predicted molar refractivity (Wildman–Crippen MR) is 125 cm³/mol. The molecule has 1 aliphatic heterocycles. The Balaban J connectivity index is 0.000000245. The van der Waals surface area contributed by atoms with Crippen LogP contribution in [-0.4, -0.2) is 42.3 Å². The number of benzene rings is 2. The lowest BCUT2D eigenvalue weighted by molar-refractivity contribution is -0.119. The van der Waals surface area contributed by atoms with Gasteiger partial charge >= 0.3 is 0 Å². The molecule has 0 aliphatic carbocycles. The number of hydrogen-bond acceptors (Lipinski definition) is 5. The first kappa shape index (κ1) is 25.1. The Labute approximate surface area is 192 Å². The number of anilines is 1. The number of carbonyl (C=O) groups excluding carboxylic acids is 2. The van der Waals surface area contributed by atoms with E-state index in [1.54, 1.807) is 0 Å². The zero-order valence-corrected chi connectivity index (χ0v) is 19.2. The lowest BCUT2D eigenvalue weighted by Crippen LogP contribution is -2.48. The molecule has 31 heavy (non-hydrogen) atoms. The number of amides is 2. The van der Waals surface area contributed by atoms with Crippen LogP contribution in [-0.2, 0) is 16.0 Å². The summed E-state index contributed by atoms with van der Waals surface area (Å²) in [4.78, 5) is 22.1. The number of aryl methyl sites for hydroxylation is 1. The molecule has 2 unspecified atom stereocenters. The minimum atomic E-state index is -0.497. The summed E-state index contributed by atoms with van der Waals surface area (Å²) in [5.41, 5.74) is 1.83. The highest BCUT2D eigenvalue weighted by Crippen LogP contribution is 2.23. The summed E-state index contributed by atoms with van der Waals surface area (Å²) < 4.78 is 18.1. The van der Waals surface area contributed by atoms with E-state index >= 15 is 0 Å². The van der Waals surface area contributed by atoms with Crippen molar-refractivity contribution in [1.82, 2.24) is 14.3 Å². The van der Waals surface area contributed by atoms with Gasteiger partial charge in [0.1, 0.15) is 11.9 Å². The largest absolute Gasteiger partial charge is 0.359 e. The SMILES string of the molecule is CC1CC(C(=O)Nc2ccc(F)c(Cl)c2)N(C)SN1.O=CNCCCc1ccccc1. The van der Waals surface area contributed by atoms with Crippen molar-refractivity contribution in [3.8, 4) is 0 Å². The van der Waals surface area contributed by atoms with Crippen molar-refractivity contribution < 1.29 is 14.0 Å². The van der Waals surface area contributed by atoms with Crippen LogP contribution in [0.25, 0.3) is 0 Å². The van der Waals surface area contributed by atoms with Crippen molar-refractivity contribution in [3.63, 3.8) is 0 Å². The van der Waals surface area contributed by atoms with Crippen molar-refractivity contribution in [3.05, 3.63) is 64.9 Å². The van der Waals surface area contributed by atoms with Gasteiger partial charge in [-0.1, -0.05) is 41.9 Å². The van der Waals surface area contributed by atoms with Crippen molar-refractivity contribution in [2.45, 2.75) is 38.3 Å². The van der Waals surface area contributed by atoms with Crippen LogP contribution in [0.15, 0.2) is 48.5 Å². The van der Waals surface area contributed by atoms with Gasteiger partial charge in [0.25, 0.3) is 0 Å². The molecule has 3 N–H and O–H groups in total. The van der Waals surface area contributed by atoms with Gasteiger partial charge in [0.05, 0.1) is 5.02 Å². The molecule has 3 rings (SSSR count). The number of nitrogens with one attached hydrogen (secondary N) is 3. The van der Waals surface area contributed by atoms with E-state index in [-0.39, 0.29) is 23.0 Å². The number of carbonyl (C=O) groups is 2. The molecule has 0 spiro atoms. The van der Waals surface area contributed by atoms with Crippen LogP contribution >= 0.6 is 23.7 Å². The van der Waals surface area contributed by atoms with Gasteiger partial charge in [-0.05, 0) is 57.0 Å². The Hall–Kier alpha value is -2.13. The van der Waals surface area contributed by atoms with Gasteiger partial charge in [-0.25, -0.2) is 13.4 Å². The van der Waals surface area contributed by atoms with E-state index in [0.717, 1.165) is 25.8 Å². The smallest absolute Gasteiger partial charge is 0.242 e. The van der Waals surface area contributed by atoms with Gasteiger partial charge in [0, 0.05) is 30.4 Å². The molecule has 1 saturated heterocycles. The maximum atomic E-state index is 13.0. The average molecular weight is 467 g/mol. The number of rotatable bonds is 7. The molecular weight excluding hydrogens is 439 g/mol. The highest BCUT2D eigenvalue weighted by molar-refractivity contribution is 7.95. The molecule has 0 saturated carbocycles. The third-order valence-electron chi connectivity index (χ3n) is 4.62. The van der Waals surface area contributed by atoms with E-state index in [2.05, 4.69) is 27.5 Å². The van der Waals surface area contributed by atoms with Crippen LogP contribution < -0.4 is 15.4 Å². The third kappa shape index (κ3) is 8.86. The minimum absolute atomic E-state index is 0.000733. The molecule has 0 radical (unpaired) electrons. The van der Waals surface area contributed by atoms with Gasteiger partial charge in [-0.3, -0.25) is 9.59 Å². The number of likely N-dealkylation sites (N-methyl/N-ethyl adjacent to an activating group) is 1. The quantitative estimate of drug-likeness (QED) is 0.326. The summed E-state index contributed by atoms with van der Waals surface area (Å²) in [6.07, 6.45) is 3.49. The van der Waals surface area contributed by atoms with Crippen LogP contribution in [0.5, 0.6) is 0 Å². The topological polar surface area (TPSA) is 73.5 Å². The molecule has 2 amide bonds. The summed E-state index contributed by atoms with van der Waals surface area (Å²) in [6, 6.07) is 14.4. The van der Waals surface area contributed by atoms with Gasteiger partial charge in [0.2, 0.25) is 12.3 Å². The molecule has 1 heterocycles. The fraction of sp³-hybridized carbons (Fsp3) is 0.364. The fourth-order valence-corrected chi connectivity index (χ4v) is 3.87. The molecule has 2 aromatic rings. The van der Waals surface area contributed by atoms with E-state index in [9.17, 15) is 14.0 Å². The molecule has 9 heteroatoms. The first-order valence-electron chi connectivity index (χ1n) is 10.0. The third-order valence-corrected chi connectivity index (χ3v) is 5.96. The maximum absolute atomic E-state index is 13.0. The summed E-state index contributed by atoms with van der Waals surface area (Å²) in [5, 5.41) is 5.40. The molecular formula is C22H28ClFN4O2S. The summed E-state index contributed by atoms with van der Waals surface area (Å²) in [7, 11) is 1.85. The van der Waals surface area contributed by atoms with Crippen LogP contribution in [0.1, 0.15) is 25.3 Å². The first-order valence-corrected chi connectivity index (χ1v) is 11.2. The van der Waals surface area contributed by atoms with Crippen LogP contribution in [0.3, 0.4) is 0 Å². The average Bonchev–Trinajstić information content (AvgIpc) is 2.77. The highest BCUT2D eigenvalue weighted by atomic mass is 35.5. The lowest BCUT2D eigenvalue weighted by atomic mass is 10.1. The van der Waals surface area contributed by atoms with Crippen molar-refractivity contribution in [2.75, 3.05) is 18.9 Å². The van der Waals surface area contributed by atoms with Crippen LogP contribution in [0.4, 0.5) is 10.1 Å². The second kappa shape index (κ2) is 13.3. The predicted octanol–water partition coefficient (Wildman–Crippen LogP) is 4.03. The molecule has 6 nitrogen and oxygen atoms in total. The van der Waals surface area contributed by atoms with E-state index in [1.807, 2.05) is 36.5 Å². The van der Waals surface area contributed by atoms with E-state index < -0.39 is 5.82 Å². The van der Waals surface area contributed by atoms with Gasteiger partial charge in [-0.15, -0.1) is 0 Å². The molecule has 1 aliphatic rings. The summed E-state index contributed by atoms with van der Waals surface area (Å²) in [5.74, 6) is -0.617. The van der Waals surface area contributed by atoms with Crippen LogP contribution in [0, 0.1) is 5.82 Å². The highest BCUT2D eigenvalue weighted by Gasteiger charge is 2.30. The number of nitrogens with zero attached hydrogens (tertiary/aromatic N) is 1. The normalized spacial score (nSPS) is 18.5.